The van der Waals surface area contributed by atoms with Gasteiger partial charge in [-0.2, -0.15) is 0 Å². The largest absolute Gasteiger partial charge is 0.516 e. The number of hydrogen-bond acceptors (Lipinski definition) is 6. The van der Waals surface area contributed by atoms with E-state index in [4.69, 9.17) is 24.1 Å². The molecule has 0 saturated carbocycles. The number of hydrogen-bond donors (Lipinski definition) is 1. The number of aliphatic hydroxyl groups is 1. The quantitative estimate of drug-likeness (QED) is 0.0923. The van der Waals surface area contributed by atoms with Crippen LogP contribution in [-0.4, -0.2) is 30.3 Å². The Morgan fingerprint density at radius 1 is 0.816 bits per heavy atom. The van der Waals surface area contributed by atoms with E-state index in [0.29, 0.717) is 12.2 Å². The summed E-state index contributed by atoms with van der Waals surface area (Å²) in [5.41, 5.74) is 3.15. The molecule has 0 bridgehead atoms. The number of allylic oxidation sites excluding steroid dienone is 2. The van der Waals surface area contributed by atoms with Crippen LogP contribution in [0.15, 0.2) is 91.2 Å². The van der Waals surface area contributed by atoms with E-state index in [1.54, 1.807) is 25.3 Å². The molecule has 0 spiro atoms. The van der Waals surface area contributed by atoms with Crippen molar-refractivity contribution >= 4 is 24.4 Å². The van der Waals surface area contributed by atoms with E-state index < -0.39 is 11.8 Å². The summed E-state index contributed by atoms with van der Waals surface area (Å²) in [5.74, 6) is 1.16. The van der Waals surface area contributed by atoms with E-state index in [1.807, 2.05) is 106 Å². The Labute approximate surface area is 224 Å². The van der Waals surface area contributed by atoms with Gasteiger partial charge in [0, 0.05) is 13.5 Å². The van der Waals surface area contributed by atoms with Crippen LogP contribution in [0.3, 0.4) is 0 Å². The highest BCUT2D eigenvalue weighted by molar-refractivity contribution is 5.65. The van der Waals surface area contributed by atoms with Crippen molar-refractivity contribution in [1.82, 2.24) is 0 Å². The van der Waals surface area contributed by atoms with Crippen molar-refractivity contribution in [2.45, 2.75) is 39.1 Å². The van der Waals surface area contributed by atoms with Crippen LogP contribution in [0.25, 0.3) is 18.2 Å². The third-order valence-corrected chi connectivity index (χ3v) is 5.52. The first-order valence-corrected chi connectivity index (χ1v) is 12.3. The number of methoxy groups -OCH3 is 1. The smallest absolute Gasteiger partial charge is 0.514 e. The van der Waals surface area contributed by atoms with Crippen molar-refractivity contribution in [2.24, 2.45) is 0 Å². The summed E-state index contributed by atoms with van der Waals surface area (Å²) in [6.45, 7) is 5.51. The lowest BCUT2D eigenvalue weighted by molar-refractivity contribution is -0.0382. The summed E-state index contributed by atoms with van der Waals surface area (Å²) in [7, 11) is 1.60. The van der Waals surface area contributed by atoms with E-state index in [2.05, 4.69) is 0 Å². The number of ether oxygens (including phenoxy) is 4. The fourth-order valence-corrected chi connectivity index (χ4v) is 3.58. The van der Waals surface area contributed by atoms with Gasteiger partial charge in [-0.1, -0.05) is 72.8 Å². The molecule has 1 N–H and O–H groups in total. The Morgan fingerprint density at radius 3 is 1.84 bits per heavy atom. The summed E-state index contributed by atoms with van der Waals surface area (Å²) in [5, 5.41) is 8.87. The summed E-state index contributed by atoms with van der Waals surface area (Å²) < 4.78 is 21.6. The van der Waals surface area contributed by atoms with Crippen LogP contribution < -0.4 is 9.47 Å². The number of aliphatic hydroxyl groups excluding tert-OH is 1. The topological polar surface area (TPSA) is 74.2 Å². The average molecular weight is 515 g/mol. The predicted octanol–water partition coefficient (Wildman–Crippen LogP) is 7.85. The maximum absolute atomic E-state index is 12.4. The highest BCUT2D eigenvalue weighted by Crippen LogP contribution is 2.21. The molecule has 0 aliphatic carbocycles. The van der Waals surface area contributed by atoms with Crippen molar-refractivity contribution in [1.29, 1.82) is 0 Å². The van der Waals surface area contributed by atoms with Crippen LogP contribution >= 0.6 is 0 Å². The van der Waals surface area contributed by atoms with Crippen LogP contribution in [0.5, 0.6) is 11.5 Å². The van der Waals surface area contributed by atoms with Gasteiger partial charge in [-0.25, -0.2) is 4.79 Å². The van der Waals surface area contributed by atoms with Crippen LogP contribution in [0.2, 0.25) is 0 Å². The van der Waals surface area contributed by atoms with Crippen LogP contribution in [0.4, 0.5) is 4.79 Å². The lowest BCUT2D eigenvalue weighted by Gasteiger charge is -2.24. The zero-order chi connectivity index (χ0) is 27.4. The molecule has 3 aromatic carbocycles. The molecule has 6 heteroatoms. The van der Waals surface area contributed by atoms with Gasteiger partial charge >= 0.3 is 6.16 Å². The molecule has 1 atom stereocenters. The molecule has 38 heavy (non-hydrogen) atoms. The second-order valence-corrected chi connectivity index (χ2v) is 9.23. The molecular formula is C32H34O6. The molecule has 0 amide bonds. The minimum absolute atomic E-state index is 0.293. The van der Waals surface area contributed by atoms with Crippen LogP contribution in [-0.2, 0) is 15.9 Å². The fourth-order valence-electron chi connectivity index (χ4n) is 3.58. The van der Waals surface area contributed by atoms with Crippen LogP contribution in [0.1, 0.15) is 43.0 Å². The zero-order valence-corrected chi connectivity index (χ0v) is 22.2. The molecular weight excluding hydrogens is 480 g/mol. The minimum Gasteiger partial charge on any atom is -0.516 e. The van der Waals surface area contributed by atoms with Gasteiger partial charge in [0.15, 0.2) is 6.29 Å². The first-order chi connectivity index (χ1) is 18.3. The van der Waals surface area contributed by atoms with E-state index in [-0.39, 0.29) is 6.29 Å². The lowest BCUT2D eigenvalue weighted by Crippen LogP contribution is -2.32. The number of benzene rings is 3. The maximum Gasteiger partial charge on any atom is 0.514 e. The summed E-state index contributed by atoms with van der Waals surface area (Å²) >= 11 is 0. The third kappa shape index (κ3) is 9.64. The van der Waals surface area contributed by atoms with Gasteiger partial charge in [-0.15, -0.1) is 0 Å². The van der Waals surface area contributed by atoms with E-state index in [9.17, 15) is 4.79 Å². The Kier molecular flexibility index (Phi) is 10.3. The molecule has 0 aliphatic rings. The van der Waals surface area contributed by atoms with Gasteiger partial charge in [0.2, 0.25) is 0 Å². The molecule has 0 aliphatic heterocycles. The predicted molar refractivity (Wildman–Crippen MR) is 151 cm³/mol. The molecule has 6 nitrogen and oxygen atoms in total. The third-order valence-electron chi connectivity index (χ3n) is 5.52. The average Bonchev–Trinajstić information content (AvgIpc) is 2.89. The molecule has 3 aromatic rings. The molecule has 0 fully saturated rings. The van der Waals surface area contributed by atoms with Gasteiger partial charge in [-0.05, 0) is 73.4 Å². The molecule has 0 saturated heterocycles. The number of rotatable bonds is 11. The summed E-state index contributed by atoms with van der Waals surface area (Å²) in [6, 6.07) is 22.6. The second kappa shape index (κ2) is 13.9. The van der Waals surface area contributed by atoms with Crippen molar-refractivity contribution in [3.8, 4) is 11.5 Å². The molecule has 0 heterocycles. The summed E-state index contributed by atoms with van der Waals surface area (Å²) in [4.78, 5) is 12.4. The van der Waals surface area contributed by atoms with Gasteiger partial charge < -0.3 is 24.1 Å². The fraction of sp³-hybridized carbons (Fsp3) is 0.219. The Bertz CT molecular complexity index is 1240. The molecule has 0 aromatic heterocycles. The number of carbonyl (C=O) groups excluding carboxylic acids is 1. The minimum atomic E-state index is -0.755. The Morgan fingerprint density at radius 2 is 1.32 bits per heavy atom. The Hall–Kier alpha value is -4.29. The summed E-state index contributed by atoms with van der Waals surface area (Å²) in [6.07, 6.45) is 9.92. The molecule has 3 rings (SSSR count). The molecule has 1 unspecified atom stereocenters. The Balaban J connectivity index is 1.47. The monoisotopic (exact) mass is 514 g/mol. The van der Waals surface area contributed by atoms with E-state index in [0.717, 1.165) is 34.3 Å². The normalized spacial score (nSPS) is 12.7. The SMILES string of the molecule is COC(C)Oc1ccc(C=CC=Cc2ccc(OC(=O)OC(C)(C)Cc3ccc(C=CO)cc3)cc2)cc1. The van der Waals surface area contributed by atoms with Gasteiger partial charge in [-0.3, -0.25) is 0 Å². The van der Waals surface area contributed by atoms with E-state index >= 15 is 0 Å². The van der Waals surface area contributed by atoms with E-state index in [1.165, 1.54) is 0 Å². The van der Waals surface area contributed by atoms with Gasteiger partial charge in [0.05, 0.1) is 6.26 Å². The second-order valence-electron chi connectivity index (χ2n) is 9.23. The first-order valence-electron chi connectivity index (χ1n) is 12.3. The lowest BCUT2D eigenvalue weighted by atomic mass is 9.97. The highest BCUT2D eigenvalue weighted by Gasteiger charge is 2.25. The van der Waals surface area contributed by atoms with Crippen molar-refractivity contribution in [3.05, 3.63) is 113 Å². The first kappa shape index (κ1) is 28.3. The van der Waals surface area contributed by atoms with Gasteiger partial charge in [0.25, 0.3) is 0 Å². The molecule has 0 radical (unpaired) electrons. The highest BCUT2D eigenvalue weighted by atomic mass is 16.7. The maximum atomic E-state index is 12.4. The van der Waals surface area contributed by atoms with Crippen molar-refractivity contribution < 1.29 is 28.8 Å². The van der Waals surface area contributed by atoms with Crippen LogP contribution in [0, 0.1) is 0 Å². The van der Waals surface area contributed by atoms with Gasteiger partial charge in [0.1, 0.15) is 17.1 Å². The van der Waals surface area contributed by atoms with Crippen molar-refractivity contribution in [3.63, 3.8) is 0 Å². The molecule has 198 valence electrons. The number of carbonyl (C=O) groups is 1. The zero-order valence-electron chi connectivity index (χ0n) is 22.2. The standard InChI is InChI=1S/C32H34O6/c1-24(35-4)36-29-17-13-25(14-18-29)7-5-6-8-26-15-19-30(20-16-26)37-31(34)38-32(2,3)23-28-11-9-27(10-12-28)21-22-33/h5-22,24,33H,23H2,1-4H3. The van der Waals surface area contributed by atoms with Crippen molar-refractivity contribution in [2.75, 3.05) is 7.11 Å².